The molecule has 0 saturated carbocycles. The fraction of sp³-hybridized carbons (Fsp3) is 0.375. The van der Waals surface area contributed by atoms with E-state index in [4.69, 9.17) is 9.84 Å². The first-order valence-electron chi connectivity index (χ1n) is 11.3. The lowest BCUT2D eigenvalue weighted by Crippen LogP contribution is -2.46. The highest BCUT2D eigenvalue weighted by Crippen LogP contribution is 2.28. The molecule has 0 bridgehead atoms. The van der Waals surface area contributed by atoms with Crippen LogP contribution in [0.5, 0.6) is 5.75 Å². The molecule has 1 aromatic heterocycles. The van der Waals surface area contributed by atoms with Gasteiger partial charge in [-0.3, -0.25) is 10.2 Å². The van der Waals surface area contributed by atoms with Crippen molar-refractivity contribution in [3.63, 3.8) is 0 Å². The molecule has 6 rings (SSSR count). The van der Waals surface area contributed by atoms with Gasteiger partial charge in [-0.15, -0.1) is 11.3 Å². The summed E-state index contributed by atoms with van der Waals surface area (Å²) >= 11 is 1.51. The van der Waals surface area contributed by atoms with Gasteiger partial charge in [0.25, 0.3) is 5.91 Å². The number of nitrogens with zero attached hydrogens (tertiary/aromatic N) is 5. The lowest BCUT2D eigenvalue weighted by Gasteiger charge is -2.32. The number of piperazine rings is 1. The number of ether oxygens (including phenoxy) is 1. The van der Waals surface area contributed by atoms with Gasteiger partial charge in [0, 0.05) is 39.0 Å². The first-order valence-corrected chi connectivity index (χ1v) is 12.2. The van der Waals surface area contributed by atoms with Crippen molar-refractivity contribution in [1.29, 1.82) is 0 Å². The van der Waals surface area contributed by atoms with Crippen LogP contribution in [0.15, 0.2) is 52.7 Å². The zero-order valence-corrected chi connectivity index (χ0v) is 19.3. The van der Waals surface area contributed by atoms with Gasteiger partial charge in [0.05, 0.1) is 16.4 Å². The maximum absolute atomic E-state index is 12.9. The van der Waals surface area contributed by atoms with Crippen LogP contribution in [-0.2, 0) is 12.8 Å². The molecule has 1 saturated heterocycles. The molecule has 0 aliphatic carbocycles. The fourth-order valence-corrected chi connectivity index (χ4v) is 5.46. The second kappa shape index (κ2) is 8.31. The quantitative estimate of drug-likeness (QED) is 0.754. The SMILES string of the molecule is CN1CCN(C(=O)c2ccc(C3=NN4C(Cc5ccc6c(c5)CCO6)=NNC4C=C3)s2)CC1. The molecule has 1 atom stereocenters. The third-order valence-corrected chi connectivity index (χ3v) is 7.58. The third kappa shape index (κ3) is 3.91. The number of nitrogens with one attached hydrogen (secondary N) is 1. The molecule has 4 aliphatic rings. The molecule has 1 N–H and O–H groups in total. The number of fused-ring (bicyclic) bond motifs is 2. The van der Waals surface area contributed by atoms with E-state index in [-0.39, 0.29) is 12.1 Å². The molecule has 1 aromatic carbocycles. The standard InChI is InChI=1S/C24H26N6O2S/c1-28-9-11-29(12-10-28)24(31)21-6-5-20(33-21)18-3-7-22-25-26-23(30(22)27-18)15-16-2-4-19-17(14-16)8-13-32-19/h2-7,14,22,25H,8-13,15H2,1H3. The van der Waals surface area contributed by atoms with Crippen LogP contribution in [0.1, 0.15) is 25.7 Å². The van der Waals surface area contributed by atoms with E-state index >= 15 is 0 Å². The normalized spacial score (nSPS) is 21.8. The zero-order valence-electron chi connectivity index (χ0n) is 18.5. The van der Waals surface area contributed by atoms with E-state index in [1.165, 1.54) is 22.5 Å². The number of benzene rings is 1. The molecule has 4 aliphatic heterocycles. The van der Waals surface area contributed by atoms with Crippen LogP contribution < -0.4 is 10.2 Å². The van der Waals surface area contributed by atoms with Crippen molar-refractivity contribution < 1.29 is 9.53 Å². The van der Waals surface area contributed by atoms with Gasteiger partial charge in [-0.1, -0.05) is 12.1 Å². The summed E-state index contributed by atoms with van der Waals surface area (Å²) in [6.45, 7) is 4.15. The second-order valence-electron chi connectivity index (χ2n) is 8.77. The summed E-state index contributed by atoms with van der Waals surface area (Å²) in [7, 11) is 2.09. The summed E-state index contributed by atoms with van der Waals surface area (Å²) in [5, 5.41) is 11.4. The molecule has 1 unspecified atom stereocenters. The van der Waals surface area contributed by atoms with Crippen LogP contribution in [0, 0.1) is 0 Å². The van der Waals surface area contributed by atoms with E-state index in [1.807, 2.05) is 34.2 Å². The van der Waals surface area contributed by atoms with E-state index in [0.717, 1.165) is 66.3 Å². The van der Waals surface area contributed by atoms with Gasteiger partial charge < -0.3 is 14.5 Å². The lowest BCUT2D eigenvalue weighted by molar-refractivity contribution is 0.0669. The minimum absolute atomic E-state index is 0.0760. The summed E-state index contributed by atoms with van der Waals surface area (Å²) in [5.41, 5.74) is 6.47. The highest BCUT2D eigenvalue weighted by atomic mass is 32.1. The Morgan fingerprint density at radius 2 is 2.09 bits per heavy atom. The topological polar surface area (TPSA) is 72.8 Å². The molecular weight excluding hydrogens is 436 g/mol. The van der Waals surface area contributed by atoms with Crippen molar-refractivity contribution in [2.24, 2.45) is 10.2 Å². The first-order chi connectivity index (χ1) is 16.1. The number of carbonyl (C=O) groups is 1. The second-order valence-corrected chi connectivity index (χ2v) is 9.85. The number of likely N-dealkylation sites (N-methyl/N-ethyl adjacent to an activating group) is 1. The maximum atomic E-state index is 12.9. The minimum atomic E-state index is -0.0760. The Morgan fingerprint density at radius 1 is 1.21 bits per heavy atom. The molecule has 5 heterocycles. The maximum Gasteiger partial charge on any atom is 0.264 e. The zero-order chi connectivity index (χ0) is 22.4. The highest BCUT2D eigenvalue weighted by molar-refractivity contribution is 7.16. The number of amides is 1. The Hall–Kier alpha value is -3.17. The van der Waals surface area contributed by atoms with Crippen molar-refractivity contribution in [2.75, 3.05) is 39.8 Å². The average molecular weight is 463 g/mol. The van der Waals surface area contributed by atoms with Gasteiger partial charge >= 0.3 is 0 Å². The summed E-state index contributed by atoms with van der Waals surface area (Å²) in [6, 6.07) is 10.3. The number of allylic oxidation sites excluding steroid dienone is 1. The van der Waals surface area contributed by atoms with Crippen LogP contribution in [0.2, 0.25) is 0 Å². The smallest absolute Gasteiger partial charge is 0.264 e. The van der Waals surface area contributed by atoms with E-state index in [1.54, 1.807) is 0 Å². The Kier molecular flexibility index (Phi) is 5.15. The Balaban J connectivity index is 1.18. The molecule has 1 amide bonds. The average Bonchev–Trinajstić information content (AvgIpc) is 3.59. The van der Waals surface area contributed by atoms with Crippen molar-refractivity contribution in [2.45, 2.75) is 19.0 Å². The Morgan fingerprint density at radius 3 is 2.97 bits per heavy atom. The van der Waals surface area contributed by atoms with E-state index in [2.05, 4.69) is 40.7 Å². The predicted octanol–water partition coefficient (Wildman–Crippen LogP) is 2.13. The van der Waals surface area contributed by atoms with Gasteiger partial charge in [-0.05, 0) is 48.5 Å². The van der Waals surface area contributed by atoms with Crippen LogP contribution in [0.25, 0.3) is 0 Å². The molecule has 0 spiro atoms. The van der Waals surface area contributed by atoms with Crippen LogP contribution in [0.3, 0.4) is 0 Å². The molecule has 8 nitrogen and oxygen atoms in total. The van der Waals surface area contributed by atoms with Crippen molar-refractivity contribution in [3.8, 4) is 5.75 Å². The summed E-state index contributed by atoms with van der Waals surface area (Å²) in [5.74, 6) is 1.98. The van der Waals surface area contributed by atoms with Gasteiger partial charge in [0.2, 0.25) is 0 Å². The van der Waals surface area contributed by atoms with E-state index < -0.39 is 0 Å². The Labute approximate surface area is 196 Å². The lowest BCUT2D eigenvalue weighted by atomic mass is 10.1. The molecule has 2 aromatic rings. The fourth-order valence-electron chi connectivity index (χ4n) is 4.52. The number of thiophene rings is 1. The third-order valence-electron chi connectivity index (χ3n) is 6.48. The van der Waals surface area contributed by atoms with E-state index in [0.29, 0.717) is 6.42 Å². The molecule has 0 radical (unpaired) electrons. The van der Waals surface area contributed by atoms with Gasteiger partial charge in [-0.2, -0.15) is 10.2 Å². The molecule has 9 heteroatoms. The number of carbonyl (C=O) groups excluding carboxylic acids is 1. The minimum Gasteiger partial charge on any atom is -0.493 e. The Bertz CT molecular complexity index is 1180. The number of amidine groups is 1. The van der Waals surface area contributed by atoms with Gasteiger partial charge in [0.1, 0.15) is 11.5 Å². The number of hydrazone groups is 2. The number of rotatable bonds is 4. The van der Waals surface area contributed by atoms with E-state index in [9.17, 15) is 4.79 Å². The molecule has 33 heavy (non-hydrogen) atoms. The monoisotopic (exact) mass is 462 g/mol. The van der Waals surface area contributed by atoms with Crippen molar-refractivity contribution in [1.82, 2.24) is 20.2 Å². The molecule has 1 fully saturated rings. The summed E-state index contributed by atoms with van der Waals surface area (Å²) < 4.78 is 5.62. The largest absolute Gasteiger partial charge is 0.493 e. The summed E-state index contributed by atoms with van der Waals surface area (Å²) in [4.78, 5) is 18.9. The first kappa shape index (κ1) is 20.4. The van der Waals surface area contributed by atoms with Gasteiger partial charge in [0.15, 0.2) is 12.0 Å². The molecular formula is C24H26N6O2S. The summed E-state index contributed by atoms with van der Waals surface area (Å²) in [6.07, 6.45) is 5.65. The highest BCUT2D eigenvalue weighted by Gasteiger charge is 2.30. The van der Waals surface area contributed by atoms with Crippen molar-refractivity contribution >= 4 is 28.8 Å². The molecule has 170 valence electrons. The van der Waals surface area contributed by atoms with Crippen LogP contribution in [-0.4, -0.2) is 78.3 Å². The van der Waals surface area contributed by atoms with Crippen molar-refractivity contribution in [3.05, 3.63) is 63.4 Å². The predicted molar refractivity (Wildman–Crippen MR) is 129 cm³/mol. The van der Waals surface area contributed by atoms with Gasteiger partial charge in [-0.25, -0.2) is 5.01 Å². The van der Waals surface area contributed by atoms with Crippen LogP contribution >= 0.6 is 11.3 Å². The van der Waals surface area contributed by atoms with Crippen LogP contribution in [0.4, 0.5) is 0 Å². The number of hydrogen-bond acceptors (Lipinski definition) is 8. The number of hydrogen-bond donors (Lipinski definition) is 1.